The number of carbonyl (C=O) groups is 2. The highest BCUT2D eigenvalue weighted by Gasteiger charge is 2.23. The third kappa shape index (κ3) is 5.31. The van der Waals surface area contributed by atoms with Crippen LogP contribution in [-0.4, -0.2) is 30.9 Å². The SMILES string of the molecule is Cl.O=C(CNCC1CC1)Nc1ccc(C(=O)NC2CC2)cc1. The van der Waals surface area contributed by atoms with Gasteiger partial charge in [-0.3, -0.25) is 9.59 Å². The van der Waals surface area contributed by atoms with Gasteiger partial charge in [0.2, 0.25) is 5.91 Å². The Kier molecular flexibility index (Phi) is 5.80. The van der Waals surface area contributed by atoms with Crippen LogP contribution in [-0.2, 0) is 4.79 Å². The molecule has 22 heavy (non-hydrogen) atoms. The van der Waals surface area contributed by atoms with Crippen LogP contribution >= 0.6 is 12.4 Å². The van der Waals surface area contributed by atoms with Crippen LogP contribution in [0.15, 0.2) is 24.3 Å². The molecule has 0 bridgehead atoms. The molecule has 0 saturated heterocycles. The Morgan fingerprint density at radius 1 is 1.05 bits per heavy atom. The van der Waals surface area contributed by atoms with Gasteiger partial charge in [0.1, 0.15) is 0 Å². The Morgan fingerprint density at radius 2 is 1.73 bits per heavy atom. The summed E-state index contributed by atoms with van der Waals surface area (Å²) in [6.07, 6.45) is 4.71. The van der Waals surface area contributed by atoms with Crippen molar-refractivity contribution in [1.29, 1.82) is 0 Å². The molecule has 3 N–H and O–H groups in total. The third-order valence-corrected chi connectivity index (χ3v) is 3.76. The van der Waals surface area contributed by atoms with E-state index in [4.69, 9.17) is 0 Å². The second-order valence-electron chi connectivity index (χ2n) is 5.95. The normalized spacial score (nSPS) is 16.5. The zero-order valence-electron chi connectivity index (χ0n) is 12.4. The van der Waals surface area contributed by atoms with Crippen LogP contribution in [0.5, 0.6) is 0 Å². The van der Waals surface area contributed by atoms with Gasteiger partial charge in [0.05, 0.1) is 6.54 Å². The van der Waals surface area contributed by atoms with Crippen LogP contribution in [0, 0.1) is 5.92 Å². The second-order valence-corrected chi connectivity index (χ2v) is 5.95. The molecule has 1 aromatic carbocycles. The van der Waals surface area contributed by atoms with Crippen LogP contribution in [0.4, 0.5) is 5.69 Å². The van der Waals surface area contributed by atoms with E-state index < -0.39 is 0 Å². The fourth-order valence-corrected chi connectivity index (χ4v) is 2.12. The first-order valence-electron chi connectivity index (χ1n) is 7.62. The summed E-state index contributed by atoms with van der Waals surface area (Å²) in [6.45, 7) is 1.26. The molecule has 120 valence electrons. The van der Waals surface area contributed by atoms with Gasteiger partial charge in [-0.2, -0.15) is 0 Å². The number of rotatable bonds is 7. The maximum Gasteiger partial charge on any atom is 0.251 e. The molecule has 0 aromatic heterocycles. The Labute approximate surface area is 136 Å². The minimum atomic E-state index is -0.0502. The van der Waals surface area contributed by atoms with Crippen molar-refractivity contribution in [2.75, 3.05) is 18.4 Å². The molecule has 5 nitrogen and oxygen atoms in total. The van der Waals surface area contributed by atoms with Crippen LogP contribution < -0.4 is 16.0 Å². The summed E-state index contributed by atoms with van der Waals surface area (Å²) in [7, 11) is 0. The summed E-state index contributed by atoms with van der Waals surface area (Å²) >= 11 is 0. The van der Waals surface area contributed by atoms with E-state index >= 15 is 0 Å². The van der Waals surface area contributed by atoms with Crippen molar-refractivity contribution in [1.82, 2.24) is 10.6 Å². The second kappa shape index (κ2) is 7.61. The van der Waals surface area contributed by atoms with E-state index in [0.29, 0.717) is 18.2 Å². The number of anilines is 1. The van der Waals surface area contributed by atoms with E-state index in [1.807, 2.05) is 0 Å². The van der Waals surface area contributed by atoms with Crippen molar-refractivity contribution >= 4 is 29.9 Å². The maximum absolute atomic E-state index is 11.8. The fourth-order valence-electron chi connectivity index (χ4n) is 2.12. The summed E-state index contributed by atoms with van der Waals surface area (Å²) in [5.41, 5.74) is 1.35. The number of carbonyl (C=O) groups excluding carboxylic acids is 2. The molecule has 0 unspecified atom stereocenters. The van der Waals surface area contributed by atoms with Gasteiger partial charge in [0.25, 0.3) is 5.91 Å². The largest absolute Gasteiger partial charge is 0.349 e. The number of benzene rings is 1. The quantitative estimate of drug-likeness (QED) is 0.718. The molecule has 0 atom stereocenters. The van der Waals surface area contributed by atoms with Crippen molar-refractivity contribution < 1.29 is 9.59 Å². The zero-order valence-corrected chi connectivity index (χ0v) is 13.2. The molecule has 2 amide bonds. The van der Waals surface area contributed by atoms with E-state index in [-0.39, 0.29) is 24.2 Å². The molecule has 0 spiro atoms. The molecule has 2 fully saturated rings. The van der Waals surface area contributed by atoms with E-state index in [2.05, 4.69) is 16.0 Å². The van der Waals surface area contributed by atoms with Gasteiger partial charge in [-0.05, 0) is 62.4 Å². The van der Waals surface area contributed by atoms with Gasteiger partial charge >= 0.3 is 0 Å². The van der Waals surface area contributed by atoms with Gasteiger partial charge < -0.3 is 16.0 Å². The Morgan fingerprint density at radius 3 is 2.32 bits per heavy atom. The molecule has 2 saturated carbocycles. The summed E-state index contributed by atoms with van der Waals surface area (Å²) in [5.74, 6) is 0.675. The minimum absolute atomic E-state index is 0. The molecule has 1 aromatic rings. The lowest BCUT2D eigenvalue weighted by atomic mass is 10.2. The highest BCUT2D eigenvalue weighted by molar-refractivity contribution is 5.96. The summed E-state index contributed by atoms with van der Waals surface area (Å²) in [6, 6.07) is 7.37. The summed E-state index contributed by atoms with van der Waals surface area (Å²) in [4.78, 5) is 23.6. The predicted molar refractivity (Wildman–Crippen MR) is 88.4 cm³/mol. The Hall–Kier alpha value is -1.59. The monoisotopic (exact) mass is 323 g/mol. The summed E-state index contributed by atoms with van der Waals surface area (Å²) < 4.78 is 0. The van der Waals surface area contributed by atoms with Crippen molar-refractivity contribution in [3.8, 4) is 0 Å². The molecular weight excluding hydrogens is 302 g/mol. The first kappa shape index (κ1) is 16.8. The summed E-state index contributed by atoms with van der Waals surface area (Å²) in [5, 5.41) is 8.91. The van der Waals surface area contributed by atoms with E-state index in [9.17, 15) is 9.59 Å². The van der Waals surface area contributed by atoms with Crippen molar-refractivity contribution in [3.63, 3.8) is 0 Å². The first-order chi connectivity index (χ1) is 10.2. The lowest BCUT2D eigenvalue weighted by Gasteiger charge is -2.07. The number of hydrogen-bond donors (Lipinski definition) is 3. The van der Waals surface area contributed by atoms with Crippen LogP contribution in [0.25, 0.3) is 0 Å². The third-order valence-electron chi connectivity index (χ3n) is 3.76. The molecule has 6 heteroatoms. The van der Waals surface area contributed by atoms with E-state index in [1.165, 1.54) is 12.8 Å². The maximum atomic E-state index is 11.8. The highest BCUT2D eigenvalue weighted by atomic mass is 35.5. The van der Waals surface area contributed by atoms with Gasteiger partial charge in [-0.1, -0.05) is 0 Å². The van der Waals surface area contributed by atoms with Gasteiger partial charge in [-0.25, -0.2) is 0 Å². The lowest BCUT2D eigenvalue weighted by molar-refractivity contribution is -0.115. The van der Waals surface area contributed by atoms with Crippen molar-refractivity contribution in [3.05, 3.63) is 29.8 Å². The molecule has 2 aliphatic carbocycles. The Bertz CT molecular complexity index is 525. The van der Waals surface area contributed by atoms with E-state index in [0.717, 1.165) is 31.0 Å². The van der Waals surface area contributed by atoms with Crippen LogP contribution in [0.1, 0.15) is 36.0 Å². The fraction of sp³-hybridized carbons (Fsp3) is 0.500. The van der Waals surface area contributed by atoms with Crippen LogP contribution in [0.3, 0.4) is 0 Å². The smallest absolute Gasteiger partial charge is 0.251 e. The highest BCUT2D eigenvalue weighted by Crippen LogP contribution is 2.27. The molecule has 3 rings (SSSR count). The Balaban J connectivity index is 0.00000176. The zero-order chi connectivity index (χ0) is 14.7. The van der Waals surface area contributed by atoms with Crippen molar-refractivity contribution in [2.24, 2.45) is 5.92 Å². The van der Waals surface area contributed by atoms with Crippen molar-refractivity contribution in [2.45, 2.75) is 31.7 Å². The van der Waals surface area contributed by atoms with Gasteiger partial charge in [-0.15, -0.1) is 12.4 Å². The number of hydrogen-bond acceptors (Lipinski definition) is 3. The molecule has 0 radical (unpaired) electrons. The molecule has 0 heterocycles. The first-order valence-corrected chi connectivity index (χ1v) is 7.62. The predicted octanol–water partition coefficient (Wildman–Crippen LogP) is 1.94. The number of halogens is 1. The van der Waals surface area contributed by atoms with Gasteiger partial charge in [0.15, 0.2) is 0 Å². The number of nitrogens with one attached hydrogen (secondary N) is 3. The molecule has 2 aliphatic rings. The minimum Gasteiger partial charge on any atom is -0.349 e. The number of amides is 2. The molecule has 0 aliphatic heterocycles. The average Bonchev–Trinajstić information content (AvgIpc) is 3.34. The van der Waals surface area contributed by atoms with E-state index in [1.54, 1.807) is 24.3 Å². The van der Waals surface area contributed by atoms with Gasteiger partial charge in [0, 0.05) is 17.3 Å². The lowest BCUT2D eigenvalue weighted by Crippen LogP contribution is -2.29. The standard InChI is InChI=1S/C16H21N3O2.ClH/c20-15(10-17-9-11-1-2-11)18-13-5-3-12(4-6-13)16(21)19-14-7-8-14;/h3-6,11,14,17H,1-2,7-10H2,(H,18,20)(H,19,21);1H. The van der Waals surface area contributed by atoms with Crippen LogP contribution in [0.2, 0.25) is 0 Å². The average molecular weight is 324 g/mol. The molecular formula is C16H22ClN3O2. The topological polar surface area (TPSA) is 70.2 Å².